The van der Waals surface area contributed by atoms with E-state index in [0.29, 0.717) is 6.42 Å². The van der Waals surface area contributed by atoms with Gasteiger partial charge in [-0.2, -0.15) is 5.26 Å². The summed E-state index contributed by atoms with van der Waals surface area (Å²) in [4.78, 5) is 0. The first-order valence-electron chi connectivity index (χ1n) is 5.44. The highest BCUT2D eigenvalue weighted by Gasteiger charge is 2.19. The molecule has 0 spiro atoms. The molecule has 1 aromatic carbocycles. The average molecular weight is 219 g/mol. The zero-order valence-corrected chi connectivity index (χ0v) is 9.68. The number of rotatable bonds is 5. The number of methoxy groups -OCH3 is 1. The van der Waals surface area contributed by atoms with E-state index in [1.165, 1.54) is 0 Å². The van der Waals surface area contributed by atoms with Crippen molar-refractivity contribution in [2.24, 2.45) is 0 Å². The zero-order chi connectivity index (χ0) is 12.0. The summed E-state index contributed by atoms with van der Waals surface area (Å²) in [5, 5.41) is 18.9. The Hall–Kier alpha value is -1.53. The second-order valence-corrected chi connectivity index (χ2v) is 3.74. The summed E-state index contributed by atoms with van der Waals surface area (Å²) < 4.78 is 5.05. The molecule has 3 nitrogen and oxygen atoms in total. The largest absolute Gasteiger partial charge is 0.497 e. The van der Waals surface area contributed by atoms with Gasteiger partial charge in [0.15, 0.2) is 0 Å². The minimum Gasteiger partial charge on any atom is -0.497 e. The van der Waals surface area contributed by atoms with Crippen LogP contribution >= 0.6 is 0 Å². The van der Waals surface area contributed by atoms with Crippen molar-refractivity contribution in [1.29, 1.82) is 5.26 Å². The molecule has 0 aliphatic heterocycles. The number of aliphatic hydroxyl groups is 1. The SMILES string of the molecule is CCCC(O)C(C#N)c1ccc(OC)cc1. The molecule has 0 bridgehead atoms. The minimum absolute atomic E-state index is 0.453. The lowest BCUT2D eigenvalue weighted by Crippen LogP contribution is -2.16. The van der Waals surface area contributed by atoms with Crippen molar-refractivity contribution < 1.29 is 9.84 Å². The van der Waals surface area contributed by atoms with E-state index in [4.69, 9.17) is 10.00 Å². The third-order valence-corrected chi connectivity index (χ3v) is 2.58. The van der Waals surface area contributed by atoms with Gasteiger partial charge in [0.2, 0.25) is 0 Å². The van der Waals surface area contributed by atoms with Gasteiger partial charge in [-0.15, -0.1) is 0 Å². The Bertz CT molecular complexity index is 353. The van der Waals surface area contributed by atoms with E-state index in [0.717, 1.165) is 17.7 Å². The molecule has 1 rings (SSSR count). The number of hydrogen-bond acceptors (Lipinski definition) is 3. The van der Waals surface area contributed by atoms with Crippen LogP contribution < -0.4 is 4.74 Å². The van der Waals surface area contributed by atoms with Crippen LogP contribution in [-0.2, 0) is 0 Å². The number of ether oxygens (including phenoxy) is 1. The molecule has 2 atom stereocenters. The Balaban J connectivity index is 2.83. The van der Waals surface area contributed by atoms with Gasteiger partial charge in [-0.25, -0.2) is 0 Å². The molecular weight excluding hydrogens is 202 g/mol. The second-order valence-electron chi connectivity index (χ2n) is 3.74. The van der Waals surface area contributed by atoms with Crippen LogP contribution in [0.2, 0.25) is 0 Å². The molecule has 0 aliphatic rings. The molecule has 0 heterocycles. The van der Waals surface area contributed by atoms with Crippen molar-refractivity contribution in [3.8, 4) is 11.8 Å². The van der Waals surface area contributed by atoms with E-state index < -0.39 is 12.0 Å². The van der Waals surface area contributed by atoms with Crippen LogP contribution in [0.5, 0.6) is 5.75 Å². The number of hydrogen-bond donors (Lipinski definition) is 1. The molecule has 0 radical (unpaired) electrons. The Labute approximate surface area is 96.3 Å². The lowest BCUT2D eigenvalue weighted by atomic mass is 9.92. The van der Waals surface area contributed by atoms with E-state index in [1.54, 1.807) is 19.2 Å². The average Bonchev–Trinajstić information content (AvgIpc) is 2.31. The predicted octanol–water partition coefficient (Wildman–Crippen LogP) is 2.46. The van der Waals surface area contributed by atoms with Gasteiger partial charge in [-0.3, -0.25) is 0 Å². The molecule has 1 aromatic rings. The molecule has 0 aliphatic carbocycles. The fraction of sp³-hybridized carbons (Fsp3) is 0.462. The number of nitrogens with zero attached hydrogens (tertiary/aromatic N) is 1. The van der Waals surface area contributed by atoms with Crippen LogP contribution in [-0.4, -0.2) is 18.3 Å². The lowest BCUT2D eigenvalue weighted by molar-refractivity contribution is 0.150. The number of aliphatic hydroxyl groups excluding tert-OH is 1. The van der Waals surface area contributed by atoms with Crippen molar-refractivity contribution >= 4 is 0 Å². The molecule has 2 unspecified atom stereocenters. The molecule has 3 heteroatoms. The first kappa shape index (κ1) is 12.5. The minimum atomic E-state index is -0.594. The standard InChI is InChI=1S/C13H17NO2/c1-3-4-13(15)12(9-14)10-5-7-11(16-2)8-6-10/h5-8,12-13,15H,3-4H2,1-2H3. The van der Waals surface area contributed by atoms with Crippen molar-refractivity contribution in [3.05, 3.63) is 29.8 Å². The van der Waals surface area contributed by atoms with E-state index in [1.807, 2.05) is 19.1 Å². The lowest BCUT2D eigenvalue weighted by Gasteiger charge is -2.16. The fourth-order valence-electron chi connectivity index (χ4n) is 1.66. The van der Waals surface area contributed by atoms with Gasteiger partial charge in [0.25, 0.3) is 0 Å². The van der Waals surface area contributed by atoms with Gasteiger partial charge < -0.3 is 9.84 Å². The summed E-state index contributed by atoms with van der Waals surface area (Å²) in [6, 6.07) is 9.41. The van der Waals surface area contributed by atoms with Gasteiger partial charge in [0, 0.05) is 0 Å². The summed E-state index contributed by atoms with van der Waals surface area (Å²) in [5.41, 5.74) is 0.837. The fourth-order valence-corrected chi connectivity index (χ4v) is 1.66. The summed E-state index contributed by atoms with van der Waals surface area (Å²) in [7, 11) is 1.60. The first-order valence-corrected chi connectivity index (χ1v) is 5.44. The third kappa shape index (κ3) is 2.98. The Morgan fingerprint density at radius 2 is 2.00 bits per heavy atom. The Morgan fingerprint density at radius 3 is 2.44 bits per heavy atom. The maximum atomic E-state index is 9.84. The zero-order valence-electron chi connectivity index (χ0n) is 9.68. The van der Waals surface area contributed by atoms with Gasteiger partial charge in [-0.05, 0) is 24.1 Å². The maximum absolute atomic E-state index is 9.84. The quantitative estimate of drug-likeness (QED) is 0.827. The highest BCUT2D eigenvalue weighted by Crippen LogP contribution is 2.24. The predicted molar refractivity (Wildman–Crippen MR) is 62.3 cm³/mol. The number of nitriles is 1. The molecule has 0 saturated carbocycles. The first-order chi connectivity index (χ1) is 7.72. The topological polar surface area (TPSA) is 53.2 Å². The molecule has 0 saturated heterocycles. The molecular formula is C13H17NO2. The van der Waals surface area contributed by atoms with Crippen LogP contribution in [0.4, 0.5) is 0 Å². The smallest absolute Gasteiger partial charge is 0.118 e. The molecule has 16 heavy (non-hydrogen) atoms. The van der Waals surface area contributed by atoms with E-state index in [9.17, 15) is 5.11 Å². The summed E-state index contributed by atoms with van der Waals surface area (Å²) >= 11 is 0. The highest BCUT2D eigenvalue weighted by atomic mass is 16.5. The second kappa shape index (κ2) is 6.14. The van der Waals surface area contributed by atoms with E-state index >= 15 is 0 Å². The molecule has 0 aromatic heterocycles. The summed E-state index contributed by atoms with van der Waals surface area (Å²) in [6.45, 7) is 1.99. The molecule has 0 amide bonds. The van der Waals surface area contributed by atoms with Crippen molar-refractivity contribution in [3.63, 3.8) is 0 Å². The maximum Gasteiger partial charge on any atom is 0.118 e. The Morgan fingerprint density at radius 1 is 1.38 bits per heavy atom. The van der Waals surface area contributed by atoms with E-state index in [-0.39, 0.29) is 0 Å². The summed E-state index contributed by atoms with van der Waals surface area (Å²) in [5.74, 6) is 0.302. The van der Waals surface area contributed by atoms with Crippen molar-refractivity contribution in [1.82, 2.24) is 0 Å². The van der Waals surface area contributed by atoms with Crippen molar-refractivity contribution in [2.45, 2.75) is 31.8 Å². The van der Waals surface area contributed by atoms with Crippen molar-refractivity contribution in [2.75, 3.05) is 7.11 Å². The van der Waals surface area contributed by atoms with Gasteiger partial charge in [-0.1, -0.05) is 25.5 Å². The van der Waals surface area contributed by atoms with Crippen LogP contribution in [0.1, 0.15) is 31.2 Å². The number of benzene rings is 1. The van der Waals surface area contributed by atoms with Crippen LogP contribution in [0.25, 0.3) is 0 Å². The molecule has 1 N–H and O–H groups in total. The van der Waals surface area contributed by atoms with Gasteiger partial charge >= 0.3 is 0 Å². The van der Waals surface area contributed by atoms with E-state index in [2.05, 4.69) is 6.07 Å². The molecule has 86 valence electrons. The monoisotopic (exact) mass is 219 g/mol. The molecule has 0 fully saturated rings. The highest BCUT2D eigenvalue weighted by molar-refractivity contribution is 5.32. The van der Waals surface area contributed by atoms with Crippen LogP contribution in [0, 0.1) is 11.3 Å². The van der Waals surface area contributed by atoms with Gasteiger partial charge in [0.05, 0.1) is 25.2 Å². The van der Waals surface area contributed by atoms with Crippen LogP contribution in [0.3, 0.4) is 0 Å². The third-order valence-electron chi connectivity index (χ3n) is 2.58. The normalized spacial score (nSPS) is 13.9. The van der Waals surface area contributed by atoms with Crippen LogP contribution in [0.15, 0.2) is 24.3 Å². The Kier molecular flexibility index (Phi) is 4.81. The van der Waals surface area contributed by atoms with Gasteiger partial charge in [0.1, 0.15) is 5.75 Å². The summed E-state index contributed by atoms with van der Waals surface area (Å²) in [6.07, 6.45) is 0.920.